The molecule has 3 aromatic rings. The number of ketones is 1. The predicted octanol–water partition coefficient (Wildman–Crippen LogP) is 3.27. The molecule has 5 heteroatoms. The van der Waals surface area contributed by atoms with Crippen LogP contribution in [0.5, 0.6) is 0 Å². The summed E-state index contributed by atoms with van der Waals surface area (Å²) in [6.45, 7) is 1.99. The average molecular weight is 330 g/mol. The Hall–Kier alpha value is -2.01. The predicted molar refractivity (Wildman–Crippen MR) is 80.8 cm³/mol. The molecule has 0 saturated heterocycles. The second-order valence-electron chi connectivity index (χ2n) is 4.64. The fraction of sp³-hybridized carbons (Fsp3) is 0.133. The van der Waals surface area contributed by atoms with Crippen LogP contribution in [0.1, 0.15) is 21.7 Å². The maximum absolute atomic E-state index is 12.6. The van der Waals surface area contributed by atoms with Gasteiger partial charge in [0.25, 0.3) is 0 Å². The lowest BCUT2D eigenvalue weighted by molar-refractivity contribution is 0.102. The van der Waals surface area contributed by atoms with Gasteiger partial charge in [0.15, 0.2) is 0 Å². The van der Waals surface area contributed by atoms with E-state index in [-0.39, 0.29) is 5.78 Å². The van der Waals surface area contributed by atoms with Crippen LogP contribution in [-0.2, 0) is 7.05 Å². The number of halogens is 1. The first-order valence-electron chi connectivity index (χ1n) is 6.16. The number of benzene rings is 1. The Kier molecular flexibility index (Phi) is 3.14. The van der Waals surface area contributed by atoms with Crippen molar-refractivity contribution in [1.29, 1.82) is 0 Å². The maximum atomic E-state index is 12.6. The molecular formula is C15H12BrN3O. The Morgan fingerprint density at radius 1 is 1.30 bits per heavy atom. The number of nitrogens with zero attached hydrogens (tertiary/aromatic N) is 3. The number of pyridine rings is 1. The minimum atomic E-state index is -0.134. The molecule has 0 aliphatic rings. The Morgan fingerprint density at radius 3 is 2.75 bits per heavy atom. The van der Waals surface area contributed by atoms with Crippen LogP contribution in [-0.4, -0.2) is 20.5 Å². The highest BCUT2D eigenvalue weighted by atomic mass is 79.9. The molecule has 20 heavy (non-hydrogen) atoms. The van der Waals surface area contributed by atoms with Gasteiger partial charge in [-0.25, -0.2) is 4.98 Å². The molecule has 0 bridgehead atoms. The van der Waals surface area contributed by atoms with Gasteiger partial charge in [0.05, 0.1) is 16.2 Å². The maximum Gasteiger partial charge on any atom is 0.230 e. The summed E-state index contributed by atoms with van der Waals surface area (Å²) in [5, 5.41) is 5.13. The van der Waals surface area contributed by atoms with E-state index in [0.29, 0.717) is 15.9 Å². The minimum absolute atomic E-state index is 0.134. The minimum Gasteiger partial charge on any atom is -0.285 e. The molecule has 4 nitrogen and oxygen atoms in total. The van der Waals surface area contributed by atoms with Crippen LogP contribution >= 0.6 is 15.9 Å². The highest BCUT2D eigenvalue weighted by Crippen LogP contribution is 2.22. The molecule has 2 aromatic heterocycles. The van der Waals surface area contributed by atoms with Gasteiger partial charge in [-0.2, -0.15) is 5.10 Å². The second-order valence-corrected chi connectivity index (χ2v) is 5.49. The zero-order valence-electron chi connectivity index (χ0n) is 11.1. The van der Waals surface area contributed by atoms with E-state index in [4.69, 9.17) is 0 Å². The summed E-state index contributed by atoms with van der Waals surface area (Å²) in [5.74, 6) is -0.134. The van der Waals surface area contributed by atoms with Crippen molar-refractivity contribution in [2.45, 2.75) is 6.92 Å². The molecule has 1 aromatic carbocycles. The van der Waals surface area contributed by atoms with Crippen LogP contribution in [0.25, 0.3) is 10.9 Å². The van der Waals surface area contributed by atoms with Gasteiger partial charge in [0, 0.05) is 12.4 Å². The fourth-order valence-corrected chi connectivity index (χ4v) is 2.78. The SMILES string of the molecule is Cc1cc(C(=O)c2c(Br)cnn2C)nc2ccccc12. The zero-order valence-corrected chi connectivity index (χ0v) is 12.7. The van der Waals surface area contributed by atoms with Crippen LogP contribution in [0.4, 0.5) is 0 Å². The molecule has 2 heterocycles. The molecule has 0 amide bonds. The first-order valence-corrected chi connectivity index (χ1v) is 6.96. The van der Waals surface area contributed by atoms with E-state index < -0.39 is 0 Å². The number of fused-ring (bicyclic) bond motifs is 1. The van der Waals surface area contributed by atoms with Gasteiger partial charge in [-0.05, 0) is 40.5 Å². The van der Waals surface area contributed by atoms with E-state index in [1.807, 2.05) is 37.3 Å². The van der Waals surface area contributed by atoms with Crippen molar-refractivity contribution in [2.24, 2.45) is 7.05 Å². The van der Waals surface area contributed by atoms with Crippen LogP contribution in [0.3, 0.4) is 0 Å². The van der Waals surface area contributed by atoms with Gasteiger partial charge >= 0.3 is 0 Å². The summed E-state index contributed by atoms with van der Waals surface area (Å²) in [7, 11) is 1.74. The largest absolute Gasteiger partial charge is 0.285 e. The van der Waals surface area contributed by atoms with Crippen molar-refractivity contribution < 1.29 is 4.79 Å². The lowest BCUT2D eigenvalue weighted by atomic mass is 10.1. The fourth-order valence-electron chi connectivity index (χ4n) is 2.25. The third kappa shape index (κ3) is 2.04. The first kappa shape index (κ1) is 13.0. The van der Waals surface area contributed by atoms with Crippen LogP contribution < -0.4 is 0 Å². The van der Waals surface area contributed by atoms with Crippen LogP contribution in [0.15, 0.2) is 41.0 Å². The van der Waals surface area contributed by atoms with Crippen molar-refractivity contribution in [3.63, 3.8) is 0 Å². The Balaban J connectivity index is 2.18. The smallest absolute Gasteiger partial charge is 0.230 e. The molecule has 0 spiro atoms. The highest BCUT2D eigenvalue weighted by Gasteiger charge is 2.19. The van der Waals surface area contributed by atoms with Gasteiger partial charge in [-0.1, -0.05) is 18.2 Å². The Morgan fingerprint density at radius 2 is 2.05 bits per heavy atom. The standard InChI is InChI=1S/C15H12BrN3O/c1-9-7-13(18-12-6-4-3-5-10(9)12)15(20)14-11(16)8-17-19(14)2/h3-8H,1-2H3. The number of hydrogen-bond donors (Lipinski definition) is 0. The molecule has 3 rings (SSSR count). The van der Waals surface area contributed by atoms with E-state index in [9.17, 15) is 4.79 Å². The normalized spacial score (nSPS) is 10.9. The number of aryl methyl sites for hydroxylation is 2. The molecular weight excluding hydrogens is 318 g/mol. The summed E-state index contributed by atoms with van der Waals surface area (Å²) in [5.41, 5.74) is 2.81. The zero-order chi connectivity index (χ0) is 14.3. The number of carbonyl (C=O) groups excluding carboxylic acids is 1. The summed E-state index contributed by atoms with van der Waals surface area (Å²) < 4.78 is 2.23. The molecule has 0 atom stereocenters. The summed E-state index contributed by atoms with van der Waals surface area (Å²) >= 11 is 3.35. The monoisotopic (exact) mass is 329 g/mol. The highest BCUT2D eigenvalue weighted by molar-refractivity contribution is 9.10. The average Bonchev–Trinajstić information content (AvgIpc) is 2.77. The summed E-state index contributed by atoms with van der Waals surface area (Å²) in [6, 6.07) is 9.63. The van der Waals surface area contributed by atoms with Gasteiger partial charge in [-0.3, -0.25) is 9.48 Å². The Bertz CT molecular complexity index is 804. The molecule has 0 fully saturated rings. The van der Waals surface area contributed by atoms with Crippen LogP contribution in [0.2, 0.25) is 0 Å². The van der Waals surface area contributed by atoms with Gasteiger partial charge in [-0.15, -0.1) is 0 Å². The van der Waals surface area contributed by atoms with Crippen molar-refractivity contribution in [2.75, 3.05) is 0 Å². The van der Waals surface area contributed by atoms with E-state index in [2.05, 4.69) is 26.0 Å². The summed E-state index contributed by atoms with van der Waals surface area (Å²) in [4.78, 5) is 17.1. The van der Waals surface area contributed by atoms with E-state index in [1.165, 1.54) is 0 Å². The van der Waals surface area contributed by atoms with Crippen molar-refractivity contribution in [3.05, 3.63) is 58.0 Å². The molecule has 0 N–H and O–H groups in total. The second kappa shape index (κ2) is 4.83. The summed E-state index contributed by atoms with van der Waals surface area (Å²) in [6.07, 6.45) is 1.61. The van der Waals surface area contributed by atoms with Crippen LogP contribution in [0, 0.1) is 6.92 Å². The van der Waals surface area contributed by atoms with Gasteiger partial charge in [0.2, 0.25) is 5.78 Å². The van der Waals surface area contributed by atoms with E-state index in [0.717, 1.165) is 16.5 Å². The van der Waals surface area contributed by atoms with Gasteiger partial charge < -0.3 is 0 Å². The van der Waals surface area contributed by atoms with E-state index >= 15 is 0 Å². The molecule has 0 saturated carbocycles. The third-order valence-corrected chi connectivity index (χ3v) is 3.85. The topological polar surface area (TPSA) is 47.8 Å². The lowest BCUT2D eigenvalue weighted by Crippen LogP contribution is -2.11. The molecule has 0 unspecified atom stereocenters. The first-order chi connectivity index (χ1) is 9.58. The number of aromatic nitrogens is 3. The van der Waals surface area contributed by atoms with E-state index in [1.54, 1.807) is 17.9 Å². The molecule has 0 aliphatic carbocycles. The number of carbonyl (C=O) groups is 1. The molecule has 100 valence electrons. The Labute approximate surface area is 124 Å². The van der Waals surface area contributed by atoms with Crippen molar-refractivity contribution >= 4 is 32.6 Å². The third-order valence-electron chi connectivity index (χ3n) is 3.26. The van der Waals surface area contributed by atoms with Crippen molar-refractivity contribution in [3.8, 4) is 0 Å². The number of rotatable bonds is 2. The lowest BCUT2D eigenvalue weighted by Gasteiger charge is -2.06. The molecule has 0 aliphatic heterocycles. The number of para-hydroxylation sites is 1. The number of hydrogen-bond acceptors (Lipinski definition) is 3. The molecule has 0 radical (unpaired) electrons. The van der Waals surface area contributed by atoms with Crippen molar-refractivity contribution in [1.82, 2.24) is 14.8 Å². The quantitative estimate of drug-likeness (QED) is 0.678. The van der Waals surface area contributed by atoms with Gasteiger partial charge in [0.1, 0.15) is 11.4 Å².